The Balaban J connectivity index is 2.02. The maximum absolute atomic E-state index is 13.5. The van der Waals surface area contributed by atoms with E-state index in [0.29, 0.717) is 5.56 Å². The van der Waals surface area contributed by atoms with Gasteiger partial charge in [-0.05, 0) is 30.3 Å². The predicted octanol–water partition coefficient (Wildman–Crippen LogP) is 3.20. The van der Waals surface area contributed by atoms with Gasteiger partial charge >= 0.3 is 0 Å². The maximum atomic E-state index is 13.5. The summed E-state index contributed by atoms with van der Waals surface area (Å²) in [6.07, 6.45) is 3.33. The van der Waals surface area contributed by atoms with Gasteiger partial charge in [0.2, 0.25) is 0 Å². The molecule has 0 atom stereocenters. The summed E-state index contributed by atoms with van der Waals surface area (Å²) < 4.78 is 18.3. The molecule has 3 nitrogen and oxygen atoms in total. The third-order valence-electron chi connectivity index (χ3n) is 2.49. The first-order valence-electron chi connectivity index (χ1n) is 5.60. The van der Waals surface area contributed by atoms with Gasteiger partial charge in [-0.1, -0.05) is 0 Å². The Labute approximate surface area is 114 Å². The highest BCUT2D eigenvalue weighted by Crippen LogP contribution is 2.21. The monoisotopic (exact) mass is 277 g/mol. The van der Waals surface area contributed by atoms with Gasteiger partial charge in [0.25, 0.3) is 0 Å². The van der Waals surface area contributed by atoms with E-state index in [9.17, 15) is 9.18 Å². The molecular weight excluding hydrogens is 265 g/mol. The molecule has 1 aromatic carbocycles. The molecule has 0 aliphatic carbocycles. The number of ketones is 1. The van der Waals surface area contributed by atoms with Gasteiger partial charge in [0.1, 0.15) is 0 Å². The zero-order valence-electron chi connectivity index (χ0n) is 10.3. The van der Waals surface area contributed by atoms with Crippen LogP contribution in [0, 0.1) is 5.82 Å². The van der Waals surface area contributed by atoms with Crippen LogP contribution in [-0.2, 0) is 0 Å². The lowest BCUT2D eigenvalue weighted by atomic mass is 10.1. The predicted molar refractivity (Wildman–Crippen MR) is 72.2 cm³/mol. The first kappa shape index (κ1) is 13.5. The summed E-state index contributed by atoms with van der Waals surface area (Å²) in [6.45, 7) is 0. The minimum Gasteiger partial charge on any atom is -0.494 e. The first-order chi connectivity index (χ1) is 9.20. The van der Waals surface area contributed by atoms with Crippen molar-refractivity contribution in [3.8, 4) is 5.75 Å². The SMILES string of the molecule is COc1ccc(C(=O)CSc2ccncc2)cc1F. The molecule has 0 aliphatic rings. The van der Waals surface area contributed by atoms with Crippen molar-refractivity contribution in [1.82, 2.24) is 4.98 Å². The van der Waals surface area contributed by atoms with Crippen LogP contribution in [0.3, 0.4) is 0 Å². The largest absolute Gasteiger partial charge is 0.494 e. The molecule has 1 heterocycles. The number of methoxy groups -OCH3 is 1. The second-order valence-electron chi connectivity index (χ2n) is 3.74. The molecule has 0 radical (unpaired) electrons. The zero-order valence-corrected chi connectivity index (χ0v) is 11.1. The van der Waals surface area contributed by atoms with Gasteiger partial charge in [0.05, 0.1) is 12.9 Å². The summed E-state index contributed by atoms with van der Waals surface area (Å²) in [6, 6.07) is 7.88. The van der Waals surface area contributed by atoms with Crippen molar-refractivity contribution in [2.75, 3.05) is 12.9 Å². The second kappa shape index (κ2) is 6.33. The lowest BCUT2D eigenvalue weighted by molar-refractivity contribution is 0.102. The molecule has 0 saturated heterocycles. The van der Waals surface area contributed by atoms with E-state index in [4.69, 9.17) is 4.74 Å². The molecule has 2 aromatic rings. The average Bonchev–Trinajstić information content (AvgIpc) is 2.45. The lowest BCUT2D eigenvalue weighted by Gasteiger charge is -2.04. The van der Waals surface area contributed by atoms with Gasteiger partial charge in [-0.2, -0.15) is 0 Å². The van der Waals surface area contributed by atoms with Crippen molar-refractivity contribution in [3.63, 3.8) is 0 Å². The van der Waals surface area contributed by atoms with Crippen molar-refractivity contribution in [3.05, 3.63) is 54.1 Å². The van der Waals surface area contributed by atoms with Gasteiger partial charge in [-0.25, -0.2) is 4.39 Å². The van der Waals surface area contributed by atoms with Crippen LogP contribution >= 0.6 is 11.8 Å². The van der Waals surface area contributed by atoms with E-state index in [2.05, 4.69) is 4.98 Å². The molecule has 0 amide bonds. The van der Waals surface area contributed by atoms with Crippen LogP contribution in [0.5, 0.6) is 5.75 Å². The molecule has 0 bridgehead atoms. The quantitative estimate of drug-likeness (QED) is 0.621. The smallest absolute Gasteiger partial charge is 0.173 e. The number of ether oxygens (including phenoxy) is 1. The topological polar surface area (TPSA) is 39.2 Å². The van der Waals surface area contributed by atoms with Crippen LogP contribution in [0.1, 0.15) is 10.4 Å². The van der Waals surface area contributed by atoms with Gasteiger partial charge < -0.3 is 4.74 Å². The van der Waals surface area contributed by atoms with E-state index >= 15 is 0 Å². The highest BCUT2D eigenvalue weighted by Gasteiger charge is 2.10. The summed E-state index contributed by atoms with van der Waals surface area (Å²) >= 11 is 1.40. The fraction of sp³-hybridized carbons (Fsp3) is 0.143. The third-order valence-corrected chi connectivity index (χ3v) is 3.51. The normalized spacial score (nSPS) is 10.2. The second-order valence-corrected chi connectivity index (χ2v) is 4.79. The Morgan fingerprint density at radius 2 is 2.05 bits per heavy atom. The van der Waals surface area contributed by atoms with Crippen molar-refractivity contribution >= 4 is 17.5 Å². The minimum absolute atomic E-state index is 0.122. The van der Waals surface area contributed by atoms with Crippen LogP contribution < -0.4 is 4.74 Å². The van der Waals surface area contributed by atoms with Crippen LogP contribution in [-0.4, -0.2) is 23.6 Å². The molecule has 0 aliphatic heterocycles. The lowest BCUT2D eigenvalue weighted by Crippen LogP contribution is -2.03. The number of benzene rings is 1. The number of pyridine rings is 1. The number of hydrogen-bond acceptors (Lipinski definition) is 4. The van der Waals surface area contributed by atoms with Crippen LogP contribution in [0.2, 0.25) is 0 Å². The minimum atomic E-state index is -0.526. The Kier molecular flexibility index (Phi) is 4.52. The Hall–Kier alpha value is -1.88. The van der Waals surface area contributed by atoms with E-state index < -0.39 is 5.82 Å². The molecule has 0 saturated carbocycles. The summed E-state index contributed by atoms with van der Waals surface area (Å²) in [5.41, 5.74) is 0.347. The number of hydrogen-bond donors (Lipinski definition) is 0. The summed E-state index contributed by atoms with van der Waals surface area (Å²) in [7, 11) is 1.39. The molecule has 0 N–H and O–H groups in total. The highest BCUT2D eigenvalue weighted by atomic mass is 32.2. The fourth-order valence-electron chi connectivity index (χ4n) is 1.51. The molecule has 2 rings (SSSR count). The van der Waals surface area contributed by atoms with Crippen molar-refractivity contribution < 1.29 is 13.9 Å². The number of rotatable bonds is 5. The van der Waals surface area contributed by atoms with Crippen LogP contribution in [0.25, 0.3) is 0 Å². The molecule has 19 heavy (non-hydrogen) atoms. The van der Waals surface area contributed by atoms with E-state index in [1.165, 1.54) is 31.0 Å². The van der Waals surface area contributed by atoms with Crippen LogP contribution in [0.15, 0.2) is 47.6 Å². The van der Waals surface area contributed by atoms with Gasteiger partial charge in [0, 0.05) is 22.9 Å². The number of aromatic nitrogens is 1. The Morgan fingerprint density at radius 3 is 2.68 bits per heavy atom. The first-order valence-corrected chi connectivity index (χ1v) is 6.59. The summed E-state index contributed by atoms with van der Waals surface area (Å²) in [4.78, 5) is 16.8. The zero-order chi connectivity index (χ0) is 13.7. The molecule has 98 valence electrons. The van der Waals surface area contributed by atoms with E-state index in [-0.39, 0.29) is 17.3 Å². The Morgan fingerprint density at radius 1 is 1.32 bits per heavy atom. The van der Waals surface area contributed by atoms with Crippen molar-refractivity contribution in [1.29, 1.82) is 0 Å². The molecular formula is C14H12FNO2S. The third kappa shape index (κ3) is 3.54. The number of Topliss-reactive ketones (excluding diaryl/α,β-unsaturated/α-hetero) is 1. The van der Waals surface area contributed by atoms with Crippen molar-refractivity contribution in [2.45, 2.75) is 4.90 Å². The number of nitrogens with zero attached hydrogens (tertiary/aromatic N) is 1. The van der Waals surface area contributed by atoms with Gasteiger partial charge in [-0.15, -0.1) is 11.8 Å². The number of halogens is 1. The molecule has 1 aromatic heterocycles. The standard InChI is InChI=1S/C14H12FNO2S/c1-18-14-3-2-10(8-12(14)15)13(17)9-19-11-4-6-16-7-5-11/h2-8H,9H2,1H3. The van der Waals surface area contributed by atoms with E-state index in [0.717, 1.165) is 4.90 Å². The molecule has 0 fully saturated rings. The van der Waals surface area contributed by atoms with E-state index in [1.807, 2.05) is 12.1 Å². The summed E-state index contributed by atoms with van der Waals surface area (Å²) in [5, 5.41) is 0. The molecule has 0 spiro atoms. The van der Waals surface area contributed by atoms with E-state index in [1.54, 1.807) is 18.5 Å². The maximum Gasteiger partial charge on any atom is 0.173 e. The number of thioether (sulfide) groups is 1. The van der Waals surface area contributed by atoms with Crippen molar-refractivity contribution in [2.24, 2.45) is 0 Å². The highest BCUT2D eigenvalue weighted by molar-refractivity contribution is 8.00. The number of carbonyl (C=O) groups excluding carboxylic acids is 1. The number of carbonyl (C=O) groups is 1. The van der Waals surface area contributed by atoms with Gasteiger partial charge in [-0.3, -0.25) is 9.78 Å². The molecule has 0 unspecified atom stereocenters. The van der Waals surface area contributed by atoms with Crippen LogP contribution in [0.4, 0.5) is 4.39 Å². The average molecular weight is 277 g/mol. The van der Waals surface area contributed by atoms with Gasteiger partial charge in [0.15, 0.2) is 17.3 Å². The Bertz CT molecular complexity index is 575. The fourth-order valence-corrected chi connectivity index (χ4v) is 2.29. The molecule has 5 heteroatoms. The summed E-state index contributed by atoms with van der Waals surface area (Å²) in [5.74, 6) is -0.251.